The number of ether oxygens (including phenoxy) is 3. The summed E-state index contributed by atoms with van der Waals surface area (Å²) in [6.07, 6.45) is 15.9. The average Bonchev–Trinajstić information content (AvgIpc) is 2.88. The minimum Gasteiger partial charge on any atom is -0.385 e. The maximum Gasteiger partial charge on any atom is 0.0468 e. The normalized spacial score (nSPS) is 9.17. The molecule has 0 rings (SSSR count). The molecule has 0 unspecified atom stereocenters. The Morgan fingerprint density at radius 3 is 0.958 bits per heavy atom. The highest BCUT2D eigenvalue weighted by molar-refractivity contribution is 4.79. The molecule has 0 aromatic carbocycles. The van der Waals surface area contributed by atoms with Crippen LogP contribution < -0.4 is 0 Å². The fourth-order valence-corrected chi connectivity index (χ4v) is 3.03. The molecule has 0 aromatic heterocycles. The van der Waals surface area contributed by atoms with Crippen molar-refractivity contribution in [2.24, 2.45) is 35.5 Å². The third kappa shape index (κ3) is 163. The van der Waals surface area contributed by atoms with Crippen LogP contribution in [-0.4, -0.2) is 40.6 Å². The van der Waals surface area contributed by atoms with Crippen molar-refractivity contribution in [2.45, 2.75) is 213 Å². The summed E-state index contributed by atoms with van der Waals surface area (Å²) in [5.74, 6) is 4.90. The maximum atomic E-state index is 5.14. The monoisotopic (exact) mass is 701 g/mol. The lowest BCUT2D eigenvalue weighted by atomic mass is 10.1. The third-order valence-corrected chi connectivity index (χ3v) is 5.65. The zero-order chi connectivity index (χ0) is 34.2. The first-order valence-corrected chi connectivity index (χ1v) is 17.8. The van der Waals surface area contributed by atoms with Gasteiger partial charge in [-0.15, -0.1) is 0 Å². The largest absolute Gasteiger partial charge is 0.385 e. The van der Waals surface area contributed by atoms with Gasteiger partial charge in [-0.25, -0.2) is 0 Å². The Morgan fingerprint density at radius 2 is 0.792 bits per heavy atom. The van der Waals surface area contributed by atoms with Crippen LogP contribution in [0.4, 0.5) is 0 Å². The molecule has 0 aromatic rings. The summed E-state index contributed by atoms with van der Waals surface area (Å²) in [5, 5.41) is 0. The van der Waals surface area contributed by atoms with Crippen molar-refractivity contribution in [3.05, 3.63) is 12.2 Å². The minimum absolute atomic E-state index is 0. The van der Waals surface area contributed by atoms with E-state index in [1.807, 2.05) is 13.8 Å². The number of hydrogen-bond acceptors (Lipinski definition) is 3. The molecule has 0 aliphatic carbocycles. The molecule has 0 aliphatic heterocycles. The van der Waals surface area contributed by atoms with E-state index in [4.69, 9.17) is 14.2 Å². The maximum absolute atomic E-state index is 5.14. The van der Waals surface area contributed by atoms with Crippen LogP contribution in [0, 0.1) is 35.5 Å². The Hall–Kier alpha value is -0.380. The van der Waals surface area contributed by atoms with Gasteiger partial charge in [0.25, 0.3) is 0 Å². The average molecular weight is 701 g/mol. The van der Waals surface area contributed by atoms with E-state index in [9.17, 15) is 0 Å². The van der Waals surface area contributed by atoms with Crippen molar-refractivity contribution in [3.8, 4) is 0 Å². The molecule has 0 spiro atoms. The molecule has 0 saturated carbocycles. The fraction of sp³-hybridized carbons (Fsp3) is 0.956. The number of hydrogen-bond donors (Lipinski definition) is 0. The van der Waals surface area contributed by atoms with Crippen molar-refractivity contribution in [3.63, 3.8) is 0 Å². The van der Waals surface area contributed by atoms with Crippen LogP contribution in [0.2, 0.25) is 0 Å². The lowest BCUT2D eigenvalue weighted by molar-refractivity contribution is 0.136. The van der Waals surface area contributed by atoms with Gasteiger partial charge >= 0.3 is 0 Å². The van der Waals surface area contributed by atoms with Crippen molar-refractivity contribution >= 4 is 0 Å². The van der Waals surface area contributed by atoms with Gasteiger partial charge in [0.1, 0.15) is 0 Å². The van der Waals surface area contributed by atoms with Gasteiger partial charge in [-0.05, 0) is 75.0 Å². The molecule has 0 saturated heterocycles. The van der Waals surface area contributed by atoms with Crippen molar-refractivity contribution in [1.82, 2.24) is 0 Å². The van der Waals surface area contributed by atoms with E-state index < -0.39 is 0 Å². The molecule has 0 amide bonds. The van der Waals surface area contributed by atoms with Gasteiger partial charge in [-0.3, -0.25) is 0 Å². The Balaban J connectivity index is -0.0000000317. The quantitative estimate of drug-likeness (QED) is 0.112. The number of rotatable bonds is 17. The zero-order valence-corrected chi connectivity index (χ0v) is 33.0. The van der Waals surface area contributed by atoms with Crippen LogP contribution in [0.15, 0.2) is 12.2 Å². The molecule has 3 nitrogen and oxygen atoms in total. The molecule has 310 valence electrons. The molecule has 0 heterocycles. The molecular weight excluding hydrogens is 588 g/mol. The summed E-state index contributed by atoms with van der Waals surface area (Å²) in [4.78, 5) is 0. The Morgan fingerprint density at radius 1 is 0.438 bits per heavy atom. The molecular formula is C45H112O3. The van der Waals surface area contributed by atoms with Crippen molar-refractivity contribution in [2.75, 3.05) is 40.6 Å². The summed E-state index contributed by atoms with van der Waals surface area (Å²) in [6.45, 7) is 38.8. The van der Waals surface area contributed by atoms with Crippen LogP contribution >= 0.6 is 0 Å². The summed E-state index contributed by atoms with van der Waals surface area (Å²) in [5.41, 5.74) is 0. The Bertz CT molecular complexity index is 386. The lowest BCUT2D eigenvalue weighted by Gasteiger charge is -2.02. The molecule has 0 fully saturated rings. The predicted octanol–water partition coefficient (Wildman–Crippen LogP) is 17.1. The van der Waals surface area contributed by atoms with E-state index in [1.165, 1.54) is 57.8 Å². The topological polar surface area (TPSA) is 27.7 Å². The smallest absolute Gasteiger partial charge is 0.0468 e. The Kier molecular flexibility index (Phi) is 130. The van der Waals surface area contributed by atoms with E-state index >= 15 is 0 Å². The van der Waals surface area contributed by atoms with Crippen molar-refractivity contribution in [1.29, 1.82) is 0 Å². The number of allylic oxidation sites excluding steroid dienone is 2. The van der Waals surface area contributed by atoms with E-state index in [0.717, 1.165) is 61.9 Å². The van der Waals surface area contributed by atoms with Gasteiger partial charge < -0.3 is 14.2 Å². The number of methoxy groups -OCH3 is 2. The first-order valence-electron chi connectivity index (χ1n) is 17.8. The third-order valence-electron chi connectivity index (χ3n) is 5.65. The highest BCUT2D eigenvalue weighted by Crippen LogP contribution is 2.04. The van der Waals surface area contributed by atoms with Crippen LogP contribution in [0.5, 0.6) is 0 Å². The van der Waals surface area contributed by atoms with Crippen molar-refractivity contribution < 1.29 is 14.2 Å². The predicted molar refractivity (Wildman–Crippen MR) is 237 cm³/mol. The first-order chi connectivity index (χ1) is 19.6. The van der Waals surface area contributed by atoms with Gasteiger partial charge in [0.2, 0.25) is 0 Å². The molecule has 0 atom stereocenters. The molecule has 48 heavy (non-hydrogen) atoms. The zero-order valence-electron chi connectivity index (χ0n) is 33.0. The lowest BCUT2D eigenvalue weighted by Crippen LogP contribution is -1.97. The van der Waals surface area contributed by atoms with Gasteiger partial charge in [-0.1, -0.05) is 186 Å². The van der Waals surface area contributed by atoms with E-state index in [0.29, 0.717) is 0 Å². The summed E-state index contributed by atoms with van der Waals surface area (Å²) < 4.78 is 14.9. The molecule has 0 radical (unpaired) electrons. The van der Waals surface area contributed by atoms with Gasteiger partial charge in [0.15, 0.2) is 0 Å². The fourth-order valence-electron chi connectivity index (χ4n) is 3.03. The van der Waals surface area contributed by atoms with Gasteiger partial charge in [-0.2, -0.15) is 0 Å². The summed E-state index contributed by atoms with van der Waals surface area (Å²) in [6, 6.07) is 0. The molecule has 0 N–H and O–H groups in total. The second kappa shape index (κ2) is 76.5. The second-order valence-corrected chi connectivity index (χ2v) is 13.6. The highest BCUT2D eigenvalue weighted by atomic mass is 16.5. The molecule has 0 aliphatic rings. The number of unbranched alkanes of at least 4 members (excludes halogenated alkanes) is 1. The summed E-state index contributed by atoms with van der Waals surface area (Å²) >= 11 is 0. The molecule has 0 bridgehead atoms. The SMILES string of the molecule is C.C.C.C.C.C.C/C=C/C(C)C.CCCC(C)C.CCCCC(C)C.CCOCCC(C)C.COCCC(C)C.COCCCC(C)C. The van der Waals surface area contributed by atoms with Crippen LogP contribution in [0.3, 0.4) is 0 Å². The summed E-state index contributed by atoms with van der Waals surface area (Å²) in [7, 11) is 3.49. The van der Waals surface area contributed by atoms with Gasteiger partial charge in [0.05, 0.1) is 0 Å². The van der Waals surface area contributed by atoms with Crippen LogP contribution in [0.1, 0.15) is 213 Å². The van der Waals surface area contributed by atoms with E-state index in [2.05, 4.69) is 109 Å². The van der Waals surface area contributed by atoms with Gasteiger partial charge in [0, 0.05) is 40.6 Å². The Labute approximate surface area is 315 Å². The van der Waals surface area contributed by atoms with E-state index in [1.54, 1.807) is 14.2 Å². The standard InChI is InChI=1S/2C7H16O.C7H16.C6H14O.C6H14.C6H12.6CH4/c1-7(2)5-4-6-8-3;1-4-8-6-5-7(2)3;1-4-5-6-7(2)3;1-6(2)4-5-7-3;2*1-4-5-6(2)3;;;;;;/h2*7H,4-6H2,1-3H3;7H,4-6H2,1-3H3;6H,4-5H2,1-3H3;6H,4-5H2,1-3H3;4-6H,1-3H3;6*1H4/b;;;;;5-4+;;;;;;. The van der Waals surface area contributed by atoms with E-state index in [-0.39, 0.29) is 44.6 Å². The van der Waals surface area contributed by atoms with Crippen LogP contribution in [0.25, 0.3) is 0 Å². The minimum atomic E-state index is 0. The first kappa shape index (κ1) is 81.6. The highest BCUT2D eigenvalue weighted by Gasteiger charge is 1.92. The van der Waals surface area contributed by atoms with Crippen LogP contribution in [-0.2, 0) is 14.2 Å². The molecule has 3 heteroatoms. The second-order valence-electron chi connectivity index (χ2n) is 13.6.